The minimum atomic E-state index is -0.646. The summed E-state index contributed by atoms with van der Waals surface area (Å²) in [7, 11) is 4.05. The zero-order chi connectivity index (χ0) is 19.2. The molecule has 0 saturated heterocycles. The summed E-state index contributed by atoms with van der Waals surface area (Å²) in [6.07, 6.45) is 1.82. The summed E-state index contributed by atoms with van der Waals surface area (Å²) in [6.45, 7) is 19.8. The number of hydrogen-bond acceptors (Lipinski definition) is 3. The van der Waals surface area contributed by atoms with Crippen LogP contribution in [0.3, 0.4) is 0 Å². The molecule has 0 aliphatic rings. The number of hydrogen-bond donors (Lipinski definition) is 1. The van der Waals surface area contributed by atoms with Crippen molar-refractivity contribution in [3.8, 4) is 0 Å². The second-order valence-corrected chi connectivity index (χ2v) is 11.3. The summed E-state index contributed by atoms with van der Waals surface area (Å²) in [6, 6.07) is 5.97. The van der Waals surface area contributed by atoms with E-state index in [1.165, 1.54) is 17.6 Å². The van der Waals surface area contributed by atoms with Gasteiger partial charge in [-0.2, -0.15) is 5.09 Å². The molecule has 0 bridgehead atoms. The van der Waals surface area contributed by atoms with E-state index in [1.54, 1.807) is 0 Å². The standard InChI is InChI=1S/C16H29N3P.CHO.ClH.Os.H/c1-15(2,3)20(16(4,5)6)19-12-11-17-13-14-9-7-8-10-18-14;1-2;;;/h7-10,19H,11-13H2,1-6H3;1H;1H;;/q-1;+1;;+1;. The van der Waals surface area contributed by atoms with Gasteiger partial charge in [0, 0.05) is 23.2 Å². The molecule has 1 aromatic heterocycles. The third-order valence-corrected chi connectivity index (χ3v) is 6.68. The number of halogens is 1. The zero-order valence-corrected chi connectivity index (χ0v) is 20.0. The third kappa shape index (κ3) is 12.4. The molecule has 0 aliphatic heterocycles. The van der Waals surface area contributed by atoms with Crippen LogP contribution in [0.2, 0.25) is 0 Å². The Kier molecular flexibility index (Phi) is 15.5. The minimum absolute atomic E-state index is 0.351. The van der Waals surface area contributed by atoms with Crippen molar-refractivity contribution in [1.29, 1.82) is 0 Å². The molecule has 1 heterocycles. The van der Waals surface area contributed by atoms with Crippen LogP contribution in [0.5, 0.6) is 0 Å². The molecule has 0 atom stereocenters. The van der Waals surface area contributed by atoms with E-state index in [2.05, 4.69) is 63.7 Å². The number of nitrogens with zero attached hydrogens (tertiary/aromatic N) is 2. The fraction of sp³-hybridized carbons (Fsp3) is 0.647. The van der Waals surface area contributed by atoms with E-state index >= 15 is 0 Å². The average Bonchev–Trinajstić information content (AvgIpc) is 2.53. The first-order valence-corrected chi connectivity index (χ1v) is 12.6. The van der Waals surface area contributed by atoms with Crippen LogP contribution in [0.4, 0.5) is 0 Å². The summed E-state index contributed by atoms with van der Waals surface area (Å²) < 4.78 is 0. The van der Waals surface area contributed by atoms with Crippen molar-refractivity contribution in [2.24, 2.45) is 0 Å². The normalized spacial score (nSPS) is 11.2. The molecule has 0 saturated carbocycles. The molecule has 1 rings (SSSR count). The first kappa shape index (κ1) is 26.2. The Morgan fingerprint density at radius 3 is 2.12 bits per heavy atom. The molecule has 0 fully saturated rings. The van der Waals surface area contributed by atoms with Gasteiger partial charge in [-0.05, 0) is 53.7 Å². The van der Waals surface area contributed by atoms with Gasteiger partial charge in [0.2, 0.25) is 0 Å². The van der Waals surface area contributed by atoms with E-state index in [4.69, 9.17) is 14.4 Å². The van der Waals surface area contributed by atoms with Gasteiger partial charge in [-0.25, -0.2) is 0 Å². The van der Waals surface area contributed by atoms with E-state index in [-0.39, 0.29) is 0 Å². The summed E-state index contributed by atoms with van der Waals surface area (Å²) in [5.41, 5.74) is 1.05. The van der Waals surface area contributed by atoms with Crippen LogP contribution < -0.4 is 5.09 Å². The second-order valence-electron chi connectivity index (χ2n) is 7.23. The number of aromatic nitrogens is 1. The summed E-state index contributed by atoms with van der Waals surface area (Å²) >= 11 is 1.19. The van der Waals surface area contributed by atoms with Crippen LogP contribution >= 0.6 is 17.7 Å². The Morgan fingerprint density at radius 2 is 1.71 bits per heavy atom. The van der Waals surface area contributed by atoms with E-state index < -0.39 is 8.07 Å². The second kappa shape index (κ2) is 14.2. The van der Waals surface area contributed by atoms with Crippen LogP contribution in [-0.2, 0) is 28.9 Å². The number of pyridine rings is 1. The van der Waals surface area contributed by atoms with Gasteiger partial charge < -0.3 is 5.32 Å². The zero-order valence-electron chi connectivity index (χ0n) is 15.6. The summed E-state index contributed by atoms with van der Waals surface area (Å²) in [5.74, 6) is 0. The van der Waals surface area contributed by atoms with E-state index in [9.17, 15) is 0 Å². The van der Waals surface area contributed by atoms with Crippen LogP contribution in [0.15, 0.2) is 24.4 Å². The first-order valence-electron chi connectivity index (χ1n) is 7.74. The molecule has 0 aliphatic carbocycles. The van der Waals surface area contributed by atoms with E-state index in [0.29, 0.717) is 10.3 Å². The maximum atomic E-state index is 7.75. The van der Waals surface area contributed by atoms with Gasteiger partial charge in [0.05, 0.1) is 18.4 Å². The Morgan fingerprint density at radius 1 is 1.17 bits per heavy atom. The molecule has 4 nitrogen and oxygen atoms in total. The summed E-state index contributed by atoms with van der Waals surface area (Å²) in [4.78, 5) is 12.0. The van der Waals surface area contributed by atoms with Crippen molar-refractivity contribution in [2.75, 3.05) is 13.1 Å². The monoisotopic (exact) mass is 552 g/mol. The molecule has 0 unspecified atom stereocenters. The Bertz CT molecular complexity index is 397. The molecule has 24 heavy (non-hydrogen) atoms. The number of rotatable bonds is 6. The van der Waals surface area contributed by atoms with Gasteiger partial charge in [-0.15, -0.1) is 13.1 Å². The predicted octanol–water partition coefficient (Wildman–Crippen LogP) is 4.42. The Hall–Kier alpha value is 0.00636. The maximum absolute atomic E-state index is 7.75. The van der Waals surface area contributed by atoms with Crippen molar-refractivity contribution in [3.63, 3.8) is 0 Å². The quantitative estimate of drug-likeness (QED) is 0.247. The molecule has 0 radical (unpaired) electrons. The molecule has 140 valence electrons. The van der Waals surface area contributed by atoms with E-state index in [0.717, 1.165) is 25.3 Å². The molecule has 0 amide bonds. The molecule has 7 heteroatoms. The topological polar surface area (TPSA) is 56.1 Å². The SMILES string of the molecule is CC(C)(C)[PH+](NCC[N-]Cc1ccccn1)C(C)(C)C.[CH+]=O.[Cl][OsH]. The van der Waals surface area contributed by atoms with Gasteiger partial charge in [-0.3, -0.25) is 4.98 Å². The summed E-state index contributed by atoms with van der Waals surface area (Å²) in [5, 5.41) is 9.04. The molecule has 0 spiro atoms. The number of carbonyl (C=O) groups excluding carboxylic acids is 1. The van der Waals surface area contributed by atoms with Crippen molar-refractivity contribution in [1.82, 2.24) is 10.1 Å². The third-order valence-electron chi connectivity index (χ3n) is 3.07. The Labute approximate surface area is 163 Å². The van der Waals surface area contributed by atoms with Crippen LogP contribution in [0.1, 0.15) is 47.2 Å². The van der Waals surface area contributed by atoms with Crippen LogP contribution in [0.25, 0.3) is 5.32 Å². The van der Waals surface area contributed by atoms with Crippen molar-refractivity contribution >= 4 is 24.5 Å². The van der Waals surface area contributed by atoms with Crippen molar-refractivity contribution in [2.45, 2.75) is 58.4 Å². The van der Waals surface area contributed by atoms with Crippen LogP contribution in [0, 0.1) is 0 Å². The average molecular weight is 551 g/mol. The number of nitrogens with one attached hydrogen (secondary N) is 1. The van der Waals surface area contributed by atoms with Gasteiger partial charge in [0.1, 0.15) is 0 Å². The van der Waals surface area contributed by atoms with Gasteiger partial charge in [0.25, 0.3) is 0 Å². The molecular formula is C17H32ClN3OOsP+. The fourth-order valence-electron chi connectivity index (χ4n) is 2.60. The molecule has 0 aromatic carbocycles. The van der Waals surface area contributed by atoms with Gasteiger partial charge >= 0.3 is 34.0 Å². The predicted molar refractivity (Wildman–Crippen MR) is 106 cm³/mol. The molecular weight excluding hydrogens is 519 g/mol. The van der Waals surface area contributed by atoms with Gasteiger partial charge in [-0.1, -0.05) is 6.07 Å². The molecule has 1 N–H and O–H groups in total. The van der Waals surface area contributed by atoms with Crippen molar-refractivity contribution in [3.05, 3.63) is 35.4 Å². The van der Waals surface area contributed by atoms with Crippen LogP contribution in [-0.4, -0.2) is 35.2 Å². The van der Waals surface area contributed by atoms with E-state index in [1.807, 2.05) is 24.4 Å². The van der Waals surface area contributed by atoms with Gasteiger partial charge in [0.15, 0.2) is 0 Å². The Balaban J connectivity index is 0. The fourth-order valence-corrected chi connectivity index (χ4v) is 6.27. The first-order chi connectivity index (χ1) is 11.2. The molecule has 1 aromatic rings. The van der Waals surface area contributed by atoms with Crippen molar-refractivity contribution < 1.29 is 22.4 Å².